The van der Waals surface area contributed by atoms with Crippen molar-refractivity contribution in [2.45, 2.75) is 68.3 Å². The molecule has 0 saturated carbocycles. The maximum absolute atomic E-state index is 9.91. The molecule has 2 fully saturated rings. The first-order valence-electron chi connectivity index (χ1n) is 6.93. The van der Waals surface area contributed by atoms with E-state index in [9.17, 15) is 30.6 Å². The Labute approximate surface area is 126 Å². The van der Waals surface area contributed by atoms with Crippen LogP contribution in [0.1, 0.15) is 6.92 Å². The SMILES string of the molecule is CC1OC(O)C(O)C(O)C1O[C@@H]1O[C@@H]([C@H](O)CO)[C@H](O)[C@H]1O. The molecule has 22 heavy (non-hydrogen) atoms. The normalized spacial score (nSPS) is 51.0. The van der Waals surface area contributed by atoms with Crippen LogP contribution in [-0.4, -0.2) is 104 Å². The van der Waals surface area contributed by atoms with Gasteiger partial charge in [-0.1, -0.05) is 0 Å². The van der Waals surface area contributed by atoms with Crippen molar-refractivity contribution in [2.75, 3.05) is 6.61 Å². The van der Waals surface area contributed by atoms with Crippen LogP contribution < -0.4 is 0 Å². The summed E-state index contributed by atoms with van der Waals surface area (Å²) in [5, 5.41) is 66.9. The van der Waals surface area contributed by atoms with Crippen LogP contribution in [0.25, 0.3) is 0 Å². The molecular formula is C12H22O10. The van der Waals surface area contributed by atoms with Crippen molar-refractivity contribution in [2.24, 2.45) is 0 Å². The minimum Gasteiger partial charge on any atom is -0.394 e. The van der Waals surface area contributed by atoms with Crippen molar-refractivity contribution in [3.8, 4) is 0 Å². The fourth-order valence-corrected chi connectivity index (χ4v) is 2.57. The Morgan fingerprint density at radius 3 is 2.18 bits per heavy atom. The van der Waals surface area contributed by atoms with E-state index in [1.807, 2.05) is 0 Å². The van der Waals surface area contributed by atoms with E-state index in [0.29, 0.717) is 0 Å². The van der Waals surface area contributed by atoms with Crippen molar-refractivity contribution in [1.82, 2.24) is 0 Å². The molecule has 2 aliphatic rings. The van der Waals surface area contributed by atoms with Crippen molar-refractivity contribution < 1.29 is 50.0 Å². The molecule has 5 unspecified atom stereocenters. The third kappa shape index (κ3) is 3.26. The Balaban J connectivity index is 2.04. The van der Waals surface area contributed by atoms with E-state index in [1.54, 1.807) is 0 Å². The van der Waals surface area contributed by atoms with Gasteiger partial charge in [-0.3, -0.25) is 0 Å². The predicted octanol–water partition coefficient (Wildman–Crippen LogP) is -4.37. The van der Waals surface area contributed by atoms with Gasteiger partial charge >= 0.3 is 0 Å². The van der Waals surface area contributed by atoms with Gasteiger partial charge in [-0.05, 0) is 6.92 Å². The molecule has 0 radical (unpaired) electrons. The number of hydrogen-bond donors (Lipinski definition) is 7. The molecule has 7 N–H and O–H groups in total. The molecule has 10 heteroatoms. The van der Waals surface area contributed by atoms with Gasteiger partial charge in [-0.2, -0.15) is 0 Å². The molecule has 10 atom stereocenters. The molecule has 2 heterocycles. The third-order valence-corrected chi connectivity index (χ3v) is 3.91. The van der Waals surface area contributed by atoms with E-state index in [4.69, 9.17) is 19.3 Å². The van der Waals surface area contributed by atoms with Crippen LogP contribution in [0, 0.1) is 0 Å². The summed E-state index contributed by atoms with van der Waals surface area (Å²) in [7, 11) is 0. The van der Waals surface area contributed by atoms with Crippen LogP contribution in [0.4, 0.5) is 0 Å². The highest BCUT2D eigenvalue weighted by atomic mass is 16.7. The van der Waals surface area contributed by atoms with Crippen LogP contribution in [0.5, 0.6) is 0 Å². The van der Waals surface area contributed by atoms with Crippen LogP contribution in [0.2, 0.25) is 0 Å². The molecule has 0 aliphatic carbocycles. The number of rotatable bonds is 4. The standard InChI is InChI=1S/C12H22O10/c1-3-9(5(15)7(17)11(19)20-3)21-12-8(18)6(16)10(22-12)4(14)2-13/h3-19H,2H2,1H3/t3?,4-,5?,6-,7?,8-,9?,10+,11?,12-/m1/s1. The Bertz CT molecular complexity index is 368. The third-order valence-electron chi connectivity index (χ3n) is 3.91. The van der Waals surface area contributed by atoms with Gasteiger partial charge in [0.05, 0.1) is 12.7 Å². The average molecular weight is 326 g/mol. The van der Waals surface area contributed by atoms with Gasteiger partial charge in [-0.25, -0.2) is 0 Å². The van der Waals surface area contributed by atoms with Crippen LogP contribution in [0.3, 0.4) is 0 Å². The highest BCUT2D eigenvalue weighted by molar-refractivity contribution is 4.93. The van der Waals surface area contributed by atoms with Gasteiger partial charge in [0, 0.05) is 0 Å². The molecule has 0 bridgehead atoms. The zero-order valence-electron chi connectivity index (χ0n) is 11.8. The van der Waals surface area contributed by atoms with Crippen molar-refractivity contribution in [3.63, 3.8) is 0 Å². The van der Waals surface area contributed by atoms with Gasteiger partial charge in [0.25, 0.3) is 0 Å². The minimum absolute atomic E-state index is 0.683. The minimum atomic E-state index is -1.61. The molecule has 130 valence electrons. The second-order valence-corrected chi connectivity index (χ2v) is 5.51. The molecule has 2 aliphatic heterocycles. The molecule has 0 aromatic heterocycles. The van der Waals surface area contributed by atoms with E-state index in [2.05, 4.69) is 0 Å². The molecular weight excluding hydrogens is 304 g/mol. The first kappa shape index (κ1) is 17.9. The first-order valence-corrected chi connectivity index (χ1v) is 6.93. The van der Waals surface area contributed by atoms with E-state index >= 15 is 0 Å². The van der Waals surface area contributed by atoms with Crippen molar-refractivity contribution in [1.29, 1.82) is 0 Å². The highest BCUT2D eigenvalue weighted by Gasteiger charge is 2.50. The number of aliphatic hydroxyl groups excluding tert-OH is 7. The maximum Gasteiger partial charge on any atom is 0.187 e. The van der Waals surface area contributed by atoms with Gasteiger partial charge < -0.3 is 50.0 Å². The lowest BCUT2D eigenvalue weighted by molar-refractivity contribution is -0.314. The van der Waals surface area contributed by atoms with Crippen molar-refractivity contribution in [3.05, 3.63) is 0 Å². The second kappa shape index (κ2) is 7.01. The Morgan fingerprint density at radius 1 is 0.955 bits per heavy atom. The predicted molar refractivity (Wildman–Crippen MR) is 67.2 cm³/mol. The lowest BCUT2D eigenvalue weighted by Gasteiger charge is -2.40. The van der Waals surface area contributed by atoms with Crippen LogP contribution in [0.15, 0.2) is 0 Å². The fraction of sp³-hybridized carbons (Fsp3) is 1.00. The van der Waals surface area contributed by atoms with Gasteiger partial charge in [0.2, 0.25) is 0 Å². The molecule has 0 aromatic carbocycles. The zero-order chi connectivity index (χ0) is 16.6. The second-order valence-electron chi connectivity index (χ2n) is 5.51. The molecule has 0 amide bonds. The van der Waals surface area contributed by atoms with Crippen molar-refractivity contribution >= 4 is 0 Å². The lowest BCUT2D eigenvalue weighted by Crippen LogP contribution is -2.58. The summed E-state index contributed by atoms with van der Waals surface area (Å²) in [5.41, 5.74) is 0. The topological polar surface area (TPSA) is 169 Å². The summed E-state index contributed by atoms with van der Waals surface area (Å²) < 4.78 is 15.5. The summed E-state index contributed by atoms with van der Waals surface area (Å²) in [6, 6.07) is 0. The summed E-state index contributed by atoms with van der Waals surface area (Å²) >= 11 is 0. The zero-order valence-corrected chi connectivity index (χ0v) is 11.8. The maximum atomic E-state index is 9.91. The Morgan fingerprint density at radius 2 is 1.59 bits per heavy atom. The van der Waals surface area contributed by atoms with E-state index in [1.165, 1.54) is 6.92 Å². The first-order chi connectivity index (χ1) is 10.3. The van der Waals surface area contributed by atoms with Gasteiger partial charge in [0.15, 0.2) is 12.6 Å². The monoisotopic (exact) mass is 326 g/mol. The Hall–Kier alpha value is -0.400. The quantitative estimate of drug-likeness (QED) is 0.268. The van der Waals surface area contributed by atoms with E-state index in [-0.39, 0.29) is 0 Å². The number of ether oxygens (including phenoxy) is 3. The van der Waals surface area contributed by atoms with E-state index < -0.39 is 68.0 Å². The summed E-state index contributed by atoms with van der Waals surface area (Å²) in [5.74, 6) is 0. The average Bonchev–Trinajstić information content (AvgIpc) is 2.77. The van der Waals surface area contributed by atoms with E-state index in [0.717, 1.165) is 0 Å². The molecule has 0 spiro atoms. The molecule has 2 rings (SSSR count). The molecule has 0 aromatic rings. The molecule has 2 saturated heterocycles. The number of aliphatic hydroxyl groups is 7. The summed E-state index contributed by atoms with van der Waals surface area (Å²) in [4.78, 5) is 0. The number of hydrogen-bond acceptors (Lipinski definition) is 10. The highest BCUT2D eigenvalue weighted by Crippen LogP contribution is 2.29. The Kier molecular flexibility index (Phi) is 5.72. The fourth-order valence-electron chi connectivity index (χ4n) is 2.57. The van der Waals surface area contributed by atoms with Gasteiger partial charge in [-0.15, -0.1) is 0 Å². The molecule has 10 nitrogen and oxygen atoms in total. The summed E-state index contributed by atoms with van der Waals surface area (Å²) in [6.45, 7) is 0.790. The summed E-state index contributed by atoms with van der Waals surface area (Å²) in [6.07, 6.45) is -13.8. The largest absolute Gasteiger partial charge is 0.394 e. The van der Waals surface area contributed by atoms with Crippen LogP contribution in [-0.2, 0) is 14.2 Å². The van der Waals surface area contributed by atoms with Gasteiger partial charge in [0.1, 0.15) is 42.7 Å². The lowest BCUT2D eigenvalue weighted by atomic mass is 9.99. The van der Waals surface area contributed by atoms with Crippen LogP contribution >= 0.6 is 0 Å². The smallest absolute Gasteiger partial charge is 0.187 e.